The summed E-state index contributed by atoms with van der Waals surface area (Å²) in [4.78, 5) is 0.114. The summed E-state index contributed by atoms with van der Waals surface area (Å²) < 4.78 is 13.2. The highest BCUT2D eigenvalue weighted by atomic mass is 79.9. The normalized spacial score (nSPS) is 12.5. The van der Waals surface area contributed by atoms with Crippen molar-refractivity contribution in [3.8, 4) is 0 Å². The molecule has 0 saturated heterocycles. The Bertz CT molecular complexity index is 534. The molecule has 1 unspecified atom stereocenters. The minimum atomic E-state index is -0.154. The van der Waals surface area contributed by atoms with Crippen LogP contribution in [0.15, 0.2) is 42.5 Å². The summed E-state index contributed by atoms with van der Waals surface area (Å²) in [6.45, 7) is 3.87. The molecule has 0 saturated carbocycles. The number of benzene rings is 2. The number of hydrogen-bond donors (Lipinski definition) is 0. The van der Waals surface area contributed by atoms with E-state index in [1.807, 2.05) is 24.3 Å². The van der Waals surface area contributed by atoms with Crippen molar-refractivity contribution < 1.29 is 4.39 Å². The first-order valence-corrected chi connectivity index (χ1v) is 6.47. The van der Waals surface area contributed by atoms with E-state index in [1.54, 1.807) is 6.92 Å². The molecule has 0 aromatic heterocycles. The third-order valence-corrected chi connectivity index (χ3v) is 3.96. The van der Waals surface area contributed by atoms with Crippen molar-refractivity contribution in [3.63, 3.8) is 0 Å². The van der Waals surface area contributed by atoms with Crippen LogP contribution in [0, 0.1) is 19.7 Å². The van der Waals surface area contributed by atoms with Gasteiger partial charge in [-0.05, 0) is 42.2 Å². The molecule has 88 valence electrons. The van der Waals surface area contributed by atoms with Gasteiger partial charge in [0.1, 0.15) is 5.82 Å². The van der Waals surface area contributed by atoms with E-state index in [2.05, 4.69) is 35.0 Å². The number of hydrogen-bond acceptors (Lipinski definition) is 0. The van der Waals surface area contributed by atoms with E-state index in [0.29, 0.717) is 5.56 Å². The molecule has 0 aliphatic carbocycles. The predicted molar refractivity (Wildman–Crippen MR) is 73.1 cm³/mol. The molecule has 0 heterocycles. The fourth-order valence-electron chi connectivity index (χ4n) is 1.88. The van der Waals surface area contributed by atoms with Crippen LogP contribution in [0.3, 0.4) is 0 Å². The van der Waals surface area contributed by atoms with Gasteiger partial charge in [-0.1, -0.05) is 52.3 Å². The van der Waals surface area contributed by atoms with Crippen LogP contribution >= 0.6 is 15.9 Å². The van der Waals surface area contributed by atoms with E-state index in [4.69, 9.17) is 0 Å². The second-order valence-corrected chi connectivity index (χ2v) is 5.14. The Morgan fingerprint density at radius 3 is 2.35 bits per heavy atom. The van der Waals surface area contributed by atoms with Crippen LogP contribution in [0.5, 0.6) is 0 Å². The average Bonchev–Trinajstić information content (AvgIpc) is 2.32. The zero-order valence-corrected chi connectivity index (χ0v) is 11.5. The smallest absolute Gasteiger partial charge is 0.126 e. The molecule has 0 N–H and O–H groups in total. The van der Waals surface area contributed by atoms with Crippen LogP contribution in [0.4, 0.5) is 4.39 Å². The topological polar surface area (TPSA) is 0 Å². The van der Waals surface area contributed by atoms with Crippen LogP contribution in [0.25, 0.3) is 0 Å². The van der Waals surface area contributed by atoms with Crippen molar-refractivity contribution in [2.24, 2.45) is 0 Å². The maximum atomic E-state index is 13.2. The summed E-state index contributed by atoms with van der Waals surface area (Å²) in [6.07, 6.45) is 0. The first-order chi connectivity index (χ1) is 8.09. The standard InChI is InChI=1S/C15H14BrF/c1-10-5-3-4-6-13(10)15(16)12-7-8-14(17)11(2)9-12/h3-9,15H,1-2H3. The Hall–Kier alpha value is -1.15. The lowest BCUT2D eigenvalue weighted by atomic mass is 9.99. The highest BCUT2D eigenvalue weighted by Crippen LogP contribution is 2.33. The lowest BCUT2D eigenvalue weighted by Gasteiger charge is -2.14. The SMILES string of the molecule is Cc1cc(C(Br)c2ccccc2C)ccc1F. The second-order valence-electron chi connectivity index (χ2n) is 4.23. The van der Waals surface area contributed by atoms with Crippen LogP contribution in [0.2, 0.25) is 0 Å². The van der Waals surface area contributed by atoms with E-state index in [9.17, 15) is 4.39 Å². The number of alkyl halides is 1. The van der Waals surface area contributed by atoms with E-state index in [-0.39, 0.29) is 10.6 Å². The van der Waals surface area contributed by atoms with Crippen molar-refractivity contribution in [3.05, 3.63) is 70.5 Å². The lowest BCUT2D eigenvalue weighted by Crippen LogP contribution is -1.97. The zero-order chi connectivity index (χ0) is 12.4. The molecule has 2 aromatic rings. The largest absolute Gasteiger partial charge is 0.207 e. The molecule has 0 aliphatic rings. The number of aryl methyl sites for hydroxylation is 2. The molecule has 0 spiro atoms. The van der Waals surface area contributed by atoms with Gasteiger partial charge in [-0.15, -0.1) is 0 Å². The predicted octanol–water partition coefficient (Wildman–Crippen LogP) is 4.93. The molecule has 2 aromatic carbocycles. The third kappa shape index (κ3) is 2.58. The summed E-state index contributed by atoms with van der Waals surface area (Å²) in [6, 6.07) is 13.5. The summed E-state index contributed by atoms with van der Waals surface area (Å²) in [5.74, 6) is -0.154. The molecule has 0 aliphatic heterocycles. The van der Waals surface area contributed by atoms with Crippen molar-refractivity contribution in [2.75, 3.05) is 0 Å². The Morgan fingerprint density at radius 1 is 1.00 bits per heavy atom. The van der Waals surface area contributed by atoms with Crippen LogP contribution in [-0.2, 0) is 0 Å². The molecule has 2 rings (SSSR count). The maximum absolute atomic E-state index is 13.2. The Morgan fingerprint density at radius 2 is 1.71 bits per heavy atom. The first kappa shape index (κ1) is 12.3. The zero-order valence-electron chi connectivity index (χ0n) is 9.87. The minimum Gasteiger partial charge on any atom is -0.207 e. The molecule has 0 fully saturated rings. The highest BCUT2D eigenvalue weighted by molar-refractivity contribution is 9.09. The summed E-state index contributed by atoms with van der Waals surface area (Å²) in [7, 11) is 0. The second kappa shape index (κ2) is 5.01. The molecule has 1 atom stereocenters. The van der Waals surface area contributed by atoms with Gasteiger partial charge in [0.2, 0.25) is 0 Å². The Kier molecular flexibility index (Phi) is 3.63. The number of halogens is 2. The monoisotopic (exact) mass is 292 g/mol. The third-order valence-electron chi connectivity index (χ3n) is 2.94. The van der Waals surface area contributed by atoms with Crippen molar-refractivity contribution in [1.29, 1.82) is 0 Å². The van der Waals surface area contributed by atoms with E-state index in [1.165, 1.54) is 17.2 Å². The average molecular weight is 293 g/mol. The first-order valence-electron chi connectivity index (χ1n) is 5.55. The van der Waals surface area contributed by atoms with Gasteiger partial charge in [0.05, 0.1) is 4.83 Å². The van der Waals surface area contributed by atoms with Crippen LogP contribution in [0.1, 0.15) is 27.1 Å². The Labute approximate surface area is 110 Å². The van der Waals surface area contributed by atoms with Crippen LogP contribution in [-0.4, -0.2) is 0 Å². The van der Waals surface area contributed by atoms with Crippen molar-refractivity contribution in [2.45, 2.75) is 18.7 Å². The fraction of sp³-hybridized carbons (Fsp3) is 0.200. The van der Waals surface area contributed by atoms with Gasteiger partial charge < -0.3 is 0 Å². The molecular formula is C15H14BrF. The van der Waals surface area contributed by atoms with Crippen molar-refractivity contribution in [1.82, 2.24) is 0 Å². The quantitative estimate of drug-likeness (QED) is 0.689. The number of rotatable bonds is 2. The molecule has 17 heavy (non-hydrogen) atoms. The van der Waals surface area contributed by atoms with E-state index >= 15 is 0 Å². The fourth-order valence-corrected chi connectivity index (χ4v) is 2.67. The van der Waals surface area contributed by atoms with Gasteiger partial charge in [-0.2, -0.15) is 0 Å². The van der Waals surface area contributed by atoms with Gasteiger partial charge in [-0.3, -0.25) is 0 Å². The van der Waals surface area contributed by atoms with Crippen LogP contribution < -0.4 is 0 Å². The van der Waals surface area contributed by atoms with Gasteiger partial charge in [-0.25, -0.2) is 4.39 Å². The van der Waals surface area contributed by atoms with Gasteiger partial charge in [0.15, 0.2) is 0 Å². The Balaban J connectivity index is 2.40. The van der Waals surface area contributed by atoms with Gasteiger partial charge >= 0.3 is 0 Å². The van der Waals surface area contributed by atoms with E-state index in [0.717, 1.165) is 5.56 Å². The summed E-state index contributed by atoms with van der Waals surface area (Å²) in [5.41, 5.74) is 4.22. The minimum absolute atomic E-state index is 0.114. The summed E-state index contributed by atoms with van der Waals surface area (Å²) in [5, 5.41) is 0. The molecular weight excluding hydrogens is 279 g/mol. The van der Waals surface area contributed by atoms with Gasteiger partial charge in [0.25, 0.3) is 0 Å². The highest BCUT2D eigenvalue weighted by Gasteiger charge is 2.13. The lowest BCUT2D eigenvalue weighted by molar-refractivity contribution is 0.617. The molecule has 0 bridgehead atoms. The molecule has 0 radical (unpaired) electrons. The maximum Gasteiger partial charge on any atom is 0.126 e. The van der Waals surface area contributed by atoms with Crippen molar-refractivity contribution >= 4 is 15.9 Å². The summed E-state index contributed by atoms with van der Waals surface area (Å²) >= 11 is 3.68. The van der Waals surface area contributed by atoms with E-state index < -0.39 is 0 Å². The van der Waals surface area contributed by atoms with Gasteiger partial charge in [0, 0.05) is 0 Å². The molecule has 0 nitrogen and oxygen atoms in total. The molecule has 0 amide bonds. The molecule has 2 heteroatoms.